The van der Waals surface area contributed by atoms with Gasteiger partial charge in [-0.3, -0.25) is 9.59 Å². The molecule has 30 heavy (non-hydrogen) atoms. The van der Waals surface area contributed by atoms with Gasteiger partial charge in [0.15, 0.2) is 4.34 Å². The number of benzene rings is 1. The zero-order valence-electron chi connectivity index (χ0n) is 17.2. The molecule has 4 rings (SSSR count). The maximum atomic E-state index is 12.6. The van der Waals surface area contributed by atoms with Crippen molar-refractivity contribution >= 4 is 45.3 Å². The molecule has 0 spiro atoms. The lowest BCUT2D eigenvalue weighted by atomic mass is 9.93. The largest absolute Gasteiger partial charge is 0.372 e. The number of rotatable bonds is 5. The van der Waals surface area contributed by atoms with Crippen molar-refractivity contribution in [3.63, 3.8) is 0 Å². The highest BCUT2D eigenvalue weighted by Gasteiger charge is 2.23. The van der Waals surface area contributed by atoms with Crippen LogP contribution in [0.3, 0.4) is 0 Å². The molecule has 158 valence electrons. The minimum absolute atomic E-state index is 0.123. The first kappa shape index (κ1) is 20.8. The van der Waals surface area contributed by atoms with Crippen molar-refractivity contribution in [1.29, 1.82) is 0 Å². The Hall–Kier alpha value is -2.46. The Labute approximate surface area is 182 Å². The second-order valence-electron chi connectivity index (χ2n) is 8.24. The van der Waals surface area contributed by atoms with Crippen LogP contribution in [0.2, 0.25) is 0 Å². The van der Waals surface area contributed by atoms with Crippen LogP contribution in [0.4, 0.5) is 11.4 Å². The molecular weight excluding hydrogens is 420 g/mol. The van der Waals surface area contributed by atoms with Crippen LogP contribution in [0.1, 0.15) is 39.3 Å². The van der Waals surface area contributed by atoms with Crippen molar-refractivity contribution < 1.29 is 4.79 Å². The Kier molecular flexibility index (Phi) is 5.79. The van der Waals surface area contributed by atoms with Crippen LogP contribution < -0.4 is 15.8 Å². The number of carbonyl (C=O) groups is 1. The van der Waals surface area contributed by atoms with Crippen molar-refractivity contribution in [2.24, 2.45) is 0 Å². The molecule has 2 aromatic heterocycles. The van der Waals surface area contributed by atoms with Gasteiger partial charge in [0.2, 0.25) is 10.9 Å². The summed E-state index contributed by atoms with van der Waals surface area (Å²) < 4.78 is 1.88. The molecule has 10 heteroatoms. The molecule has 0 atom stereocenters. The number of nitrogens with zero attached hydrogens (tertiary/aromatic N) is 5. The minimum atomic E-state index is -0.410. The van der Waals surface area contributed by atoms with Gasteiger partial charge in [-0.05, 0) is 37.1 Å². The molecule has 1 saturated heterocycles. The van der Waals surface area contributed by atoms with Gasteiger partial charge >= 0.3 is 0 Å². The molecule has 1 aliphatic rings. The van der Waals surface area contributed by atoms with E-state index >= 15 is 0 Å². The fraction of sp³-hybridized carbons (Fsp3) is 0.450. The standard InChI is InChI=1S/C20H24N6O2S2/c1-20(2,3)16-17(28)26-18(23-22-16)30-19(24-26)29-12-15(27)21-13-6-8-14(9-7-13)25-10-4-5-11-25/h6-9H,4-5,10-12H2,1-3H3,(H,21,27). The molecule has 0 aliphatic carbocycles. The van der Waals surface area contributed by atoms with Gasteiger partial charge in [-0.25, -0.2) is 0 Å². The Balaban J connectivity index is 1.38. The third-order valence-electron chi connectivity index (χ3n) is 4.83. The van der Waals surface area contributed by atoms with Gasteiger partial charge in [0.05, 0.1) is 5.75 Å². The summed E-state index contributed by atoms with van der Waals surface area (Å²) in [6, 6.07) is 7.94. The van der Waals surface area contributed by atoms with Crippen LogP contribution >= 0.6 is 23.1 Å². The number of hydrogen-bond acceptors (Lipinski definition) is 8. The van der Waals surface area contributed by atoms with E-state index < -0.39 is 5.41 Å². The molecule has 0 radical (unpaired) electrons. The first-order valence-corrected chi connectivity index (χ1v) is 11.7. The molecule has 0 bridgehead atoms. The van der Waals surface area contributed by atoms with Crippen LogP contribution in [0.25, 0.3) is 4.96 Å². The van der Waals surface area contributed by atoms with Gasteiger partial charge in [-0.1, -0.05) is 43.9 Å². The quantitative estimate of drug-likeness (QED) is 0.604. The molecule has 0 unspecified atom stereocenters. The average molecular weight is 445 g/mol. The molecule has 1 amide bonds. The number of nitrogens with one attached hydrogen (secondary N) is 1. The van der Waals surface area contributed by atoms with E-state index in [9.17, 15) is 9.59 Å². The van der Waals surface area contributed by atoms with Gasteiger partial charge < -0.3 is 10.2 Å². The van der Waals surface area contributed by atoms with Crippen molar-refractivity contribution in [2.45, 2.75) is 43.4 Å². The fourth-order valence-corrected chi connectivity index (χ4v) is 4.95. The van der Waals surface area contributed by atoms with Crippen LogP contribution in [-0.4, -0.2) is 44.6 Å². The Morgan fingerprint density at radius 1 is 1.17 bits per heavy atom. The maximum Gasteiger partial charge on any atom is 0.297 e. The molecule has 1 N–H and O–H groups in total. The Morgan fingerprint density at radius 3 is 2.53 bits per heavy atom. The Morgan fingerprint density at radius 2 is 1.87 bits per heavy atom. The van der Waals surface area contributed by atoms with Gasteiger partial charge in [-0.2, -0.15) is 4.52 Å². The van der Waals surface area contributed by atoms with Gasteiger partial charge in [0.25, 0.3) is 5.56 Å². The van der Waals surface area contributed by atoms with Crippen LogP contribution in [0.5, 0.6) is 0 Å². The zero-order valence-corrected chi connectivity index (χ0v) is 18.8. The third-order valence-corrected chi connectivity index (χ3v) is 6.86. The lowest BCUT2D eigenvalue weighted by molar-refractivity contribution is -0.113. The second kappa shape index (κ2) is 8.35. The summed E-state index contributed by atoms with van der Waals surface area (Å²) in [6.45, 7) is 7.92. The predicted octanol–water partition coefficient (Wildman–Crippen LogP) is 3.17. The topological polar surface area (TPSA) is 92.5 Å². The van der Waals surface area contributed by atoms with Crippen molar-refractivity contribution in [2.75, 3.05) is 29.1 Å². The highest BCUT2D eigenvalue weighted by atomic mass is 32.2. The van der Waals surface area contributed by atoms with Crippen LogP contribution in [-0.2, 0) is 10.2 Å². The summed E-state index contributed by atoms with van der Waals surface area (Å²) in [5.74, 6) is 0.0733. The highest BCUT2D eigenvalue weighted by molar-refractivity contribution is 8.01. The van der Waals surface area contributed by atoms with Gasteiger partial charge in [0.1, 0.15) is 5.69 Å². The van der Waals surface area contributed by atoms with Crippen LogP contribution in [0, 0.1) is 0 Å². The molecule has 1 fully saturated rings. The second-order valence-corrected chi connectivity index (χ2v) is 10.4. The normalized spacial score (nSPS) is 14.4. The number of carbonyl (C=O) groups excluding carboxylic acids is 1. The highest BCUT2D eigenvalue weighted by Crippen LogP contribution is 2.25. The van der Waals surface area contributed by atoms with Crippen molar-refractivity contribution in [1.82, 2.24) is 19.8 Å². The number of fused-ring (bicyclic) bond motifs is 1. The van der Waals surface area contributed by atoms with E-state index in [0.29, 0.717) is 15.0 Å². The van der Waals surface area contributed by atoms with Gasteiger partial charge in [0, 0.05) is 29.9 Å². The number of aromatic nitrogens is 4. The predicted molar refractivity (Wildman–Crippen MR) is 121 cm³/mol. The van der Waals surface area contributed by atoms with E-state index in [1.165, 1.54) is 46.1 Å². The molecule has 1 aliphatic heterocycles. The fourth-order valence-electron chi connectivity index (χ4n) is 3.28. The lowest BCUT2D eigenvalue weighted by Crippen LogP contribution is -2.30. The first-order chi connectivity index (χ1) is 14.3. The lowest BCUT2D eigenvalue weighted by Gasteiger charge is -2.17. The molecule has 0 saturated carbocycles. The number of amides is 1. The zero-order chi connectivity index (χ0) is 21.3. The molecule has 1 aromatic carbocycles. The first-order valence-electron chi connectivity index (χ1n) is 9.86. The van der Waals surface area contributed by atoms with E-state index in [0.717, 1.165) is 18.8 Å². The summed E-state index contributed by atoms with van der Waals surface area (Å²) >= 11 is 2.53. The van der Waals surface area contributed by atoms with E-state index in [1.807, 2.05) is 45.0 Å². The minimum Gasteiger partial charge on any atom is -0.372 e. The summed E-state index contributed by atoms with van der Waals surface area (Å²) in [5, 5.41) is 15.4. The number of hydrogen-bond donors (Lipinski definition) is 1. The molecular formula is C20H24N6O2S2. The molecule has 3 aromatic rings. The van der Waals surface area contributed by atoms with Gasteiger partial charge in [-0.15, -0.1) is 15.3 Å². The number of anilines is 2. The number of thioether (sulfide) groups is 1. The third kappa shape index (κ3) is 4.49. The van der Waals surface area contributed by atoms with E-state index in [1.54, 1.807) is 0 Å². The summed E-state index contributed by atoms with van der Waals surface area (Å²) in [6.07, 6.45) is 2.47. The monoisotopic (exact) mass is 444 g/mol. The molecule has 8 nitrogen and oxygen atoms in total. The van der Waals surface area contributed by atoms with Crippen molar-refractivity contribution in [3.8, 4) is 0 Å². The summed E-state index contributed by atoms with van der Waals surface area (Å²) in [4.78, 5) is 27.7. The maximum absolute atomic E-state index is 12.6. The SMILES string of the molecule is CC(C)(C)c1nnc2sc(SCC(=O)Nc3ccc(N4CCCC4)cc3)nn2c1=O. The van der Waals surface area contributed by atoms with E-state index in [4.69, 9.17) is 0 Å². The molecule has 3 heterocycles. The summed E-state index contributed by atoms with van der Waals surface area (Å²) in [5.41, 5.74) is 1.65. The average Bonchev–Trinajstić information content (AvgIpc) is 3.36. The van der Waals surface area contributed by atoms with E-state index in [2.05, 4.69) is 25.5 Å². The van der Waals surface area contributed by atoms with E-state index in [-0.39, 0.29) is 17.2 Å². The smallest absolute Gasteiger partial charge is 0.297 e. The summed E-state index contributed by atoms with van der Waals surface area (Å²) in [7, 11) is 0. The van der Waals surface area contributed by atoms with Crippen LogP contribution in [0.15, 0.2) is 33.4 Å². The Bertz CT molecular complexity index is 1110. The van der Waals surface area contributed by atoms with Crippen molar-refractivity contribution in [3.05, 3.63) is 40.3 Å².